The van der Waals surface area contributed by atoms with Crippen molar-refractivity contribution < 1.29 is 18.7 Å². The topological polar surface area (TPSA) is 61.9 Å². The lowest BCUT2D eigenvalue weighted by Gasteiger charge is -2.37. The van der Waals surface area contributed by atoms with Crippen LogP contribution in [0.5, 0.6) is 5.75 Å². The fourth-order valence-corrected chi connectivity index (χ4v) is 4.71. The first-order valence-corrected chi connectivity index (χ1v) is 11.9. The van der Waals surface area contributed by atoms with Crippen LogP contribution in [-0.2, 0) is 11.2 Å². The number of benzene rings is 1. The normalized spacial score (nSPS) is 15.8. The second kappa shape index (κ2) is 10.3. The standard InChI is InChI=1S/C24H32FN3O3S/c1-5-11-27(23(30)26-24(2,3)4)15-22(29)28-12-9-21-19(10-13-32-21)20(28)16-31-18-8-6-7-17(25)14-18/h6-8,10,13-14,20H,5,9,11-12,15-16H2,1-4H3,(H,26,30)/t20-/m1/s1. The third-order valence-corrected chi connectivity index (χ3v) is 6.20. The Bertz CT molecular complexity index is 941. The molecule has 0 radical (unpaired) electrons. The molecule has 32 heavy (non-hydrogen) atoms. The minimum atomic E-state index is -0.385. The second-order valence-electron chi connectivity index (χ2n) is 9.02. The highest BCUT2D eigenvalue weighted by Gasteiger charge is 2.33. The van der Waals surface area contributed by atoms with E-state index >= 15 is 0 Å². The largest absolute Gasteiger partial charge is 0.491 e. The van der Waals surface area contributed by atoms with Gasteiger partial charge in [0, 0.05) is 29.6 Å². The maximum absolute atomic E-state index is 13.5. The molecule has 1 atom stereocenters. The van der Waals surface area contributed by atoms with E-state index in [-0.39, 0.29) is 42.5 Å². The fourth-order valence-electron chi connectivity index (χ4n) is 3.78. The zero-order chi connectivity index (χ0) is 23.3. The lowest BCUT2D eigenvalue weighted by molar-refractivity contribution is -0.135. The van der Waals surface area contributed by atoms with Gasteiger partial charge >= 0.3 is 6.03 Å². The molecule has 0 aliphatic carbocycles. The number of hydrogen-bond acceptors (Lipinski definition) is 4. The molecule has 3 rings (SSSR count). The summed E-state index contributed by atoms with van der Waals surface area (Å²) in [6.07, 6.45) is 1.53. The first-order chi connectivity index (χ1) is 15.2. The van der Waals surface area contributed by atoms with Gasteiger partial charge in [-0.3, -0.25) is 4.79 Å². The maximum atomic E-state index is 13.5. The summed E-state index contributed by atoms with van der Waals surface area (Å²) < 4.78 is 19.4. The molecule has 8 heteroatoms. The predicted octanol–water partition coefficient (Wildman–Crippen LogP) is 4.61. The van der Waals surface area contributed by atoms with E-state index in [0.29, 0.717) is 18.8 Å². The van der Waals surface area contributed by atoms with Crippen LogP contribution in [0, 0.1) is 5.82 Å². The smallest absolute Gasteiger partial charge is 0.318 e. The Morgan fingerprint density at radius 3 is 2.78 bits per heavy atom. The molecule has 1 aromatic carbocycles. The van der Waals surface area contributed by atoms with Gasteiger partial charge in [-0.25, -0.2) is 9.18 Å². The Labute approximate surface area is 193 Å². The number of carbonyl (C=O) groups is 2. The van der Waals surface area contributed by atoms with Crippen molar-refractivity contribution in [3.8, 4) is 5.75 Å². The van der Waals surface area contributed by atoms with Crippen molar-refractivity contribution in [3.05, 3.63) is 52.0 Å². The third-order valence-electron chi connectivity index (χ3n) is 5.21. The number of fused-ring (bicyclic) bond motifs is 1. The number of hydrogen-bond donors (Lipinski definition) is 1. The summed E-state index contributed by atoms with van der Waals surface area (Å²) in [5, 5.41) is 4.97. The highest BCUT2D eigenvalue weighted by atomic mass is 32.1. The number of thiophene rings is 1. The molecule has 2 aromatic rings. The Morgan fingerprint density at radius 1 is 1.31 bits per heavy atom. The van der Waals surface area contributed by atoms with Gasteiger partial charge in [0.15, 0.2) is 0 Å². The van der Waals surface area contributed by atoms with Crippen LogP contribution in [0.4, 0.5) is 9.18 Å². The van der Waals surface area contributed by atoms with Gasteiger partial charge in [0.2, 0.25) is 5.91 Å². The van der Waals surface area contributed by atoms with Gasteiger partial charge in [0.1, 0.15) is 24.7 Å². The molecule has 0 saturated carbocycles. The second-order valence-corrected chi connectivity index (χ2v) is 10.0. The van der Waals surface area contributed by atoms with Gasteiger partial charge in [-0.15, -0.1) is 11.3 Å². The van der Waals surface area contributed by atoms with Crippen LogP contribution in [0.25, 0.3) is 0 Å². The van der Waals surface area contributed by atoms with Crippen molar-refractivity contribution in [3.63, 3.8) is 0 Å². The molecule has 0 bridgehead atoms. The maximum Gasteiger partial charge on any atom is 0.318 e. The molecule has 2 heterocycles. The van der Waals surface area contributed by atoms with Gasteiger partial charge in [-0.05, 0) is 62.8 Å². The molecule has 0 fully saturated rings. The van der Waals surface area contributed by atoms with Crippen LogP contribution in [0.3, 0.4) is 0 Å². The van der Waals surface area contributed by atoms with Crippen LogP contribution in [0.2, 0.25) is 0 Å². The van der Waals surface area contributed by atoms with E-state index < -0.39 is 0 Å². The number of amides is 3. The van der Waals surface area contributed by atoms with Gasteiger partial charge in [0.25, 0.3) is 0 Å². The molecule has 0 saturated heterocycles. The summed E-state index contributed by atoms with van der Waals surface area (Å²) >= 11 is 1.67. The summed E-state index contributed by atoms with van der Waals surface area (Å²) in [4.78, 5) is 30.7. The average Bonchev–Trinajstić information content (AvgIpc) is 3.19. The van der Waals surface area contributed by atoms with Crippen LogP contribution in [0.15, 0.2) is 35.7 Å². The van der Waals surface area contributed by atoms with E-state index in [1.807, 2.05) is 39.1 Å². The Morgan fingerprint density at radius 2 is 2.09 bits per heavy atom. The minimum absolute atomic E-state index is 0.00564. The third kappa shape index (κ3) is 6.22. The molecule has 1 N–H and O–H groups in total. The first-order valence-electron chi connectivity index (χ1n) is 11.0. The lowest BCUT2D eigenvalue weighted by Crippen LogP contribution is -2.53. The van der Waals surface area contributed by atoms with Crippen LogP contribution in [0.1, 0.15) is 50.6 Å². The minimum Gasteiger partial charge on any atom is -0.491 e. The summed E-state index contributed by atoms with van der Waals surface area (Å²) in [6, 6.07) is 7.50. The SMILES string of the molecule is CCCN(CC(=O)N1CCc2sccc2[C@H]1COc1cccc(F)c1)C(=O)NC(C)(C)C. The number of carbonyl (C=O) groups excluding carboxylic acids is 2. The summed E-state index contributed by atoms with van der Waals surface area (Å²) in [6.45, 7) is 9.01. The van der Waals surface area contributed by atoms with Gasteiger partial charge in [0.05, 0.1) is 6.04 Å². The van der Waals surface area contributed by atoms with E-state index in [2.05, 4.69) is 5.32 Å². The number of rotatable bonds is 7. The first kappa shape index (κ1) is 24.0. The molecular weight excluding hydrogens is 429 g/mol. The summed E-state index contributed by atoms with van der Waals surface area (Å²) in [7, 11) is 0. The molecule has 1 aliphatic heterocycles. The molecule has 3 amide bonds. The van der Waals surface area contributed by atoms with Gasteiger partial charge < -0.3 is 19.9 Å². The zero-order valence-corrected chi connectivity index (χ0v) is 20.0. The zero-order valence-electron chi connectivity index (χ0n) is 19.2. The highest BCUT2D eigenvalue weighted by molar-refractivity contribution is 7.10. The Balaban J connectivity index is 1.75. The molecule has 0 unspecified atom stereocenters. The molecule has 6 nitrogen and oxygen atoms in total. The van der Waals surface area contributed by atoms with Gasteiger partial charge in [-0.2, -0.15) is 0 Å². The summed E-state index contributed by atoms with van der Waals surface area (Å²) in [5.41, 5.74) is 0.677. The quantitative estimate of drug-likeness (QED) is 0.655. The number of nitrogens with zero attached hydrogens (tertiary/aromatic N) is 2. The van der Waals surface area contributed by atoms with Crippen molar-refractivity contribution in [2.75, 3.05) is 26.2 Å². The number of urea groups is 1. The van der Waals surface area contributed by atoms with Crippen LogP contribution < -0.4 is 10.1 Å². The van der Waals surface area contributed by atoms with E-state index in [9.17, 15) is 14.0 Å². The average molecular weight is 462 g/mol. The number of ether oxygens (including phenoxy) is 1. The van der Waals surface area contributed by atoms with Crippen molar-refractivity contribution in [2.24, 2.45) is 0 Å². The van der Waals surface area contributed by atoms with Crippen molar-refractivity contribution in [1.82, 2.24) is 15.1 Å². The molecule has 1 aliphatic rings. The Kier molecular flexibility index (Phi) is 7.77. The van der Waals surface area contributed by atoms with Crippen LogP contribution in [-0.4, -0.2) is 53.5 Å². The summed E-state index contributed by atoms with van der Waals surface area (Å²) in [5.74, 6) is -0.0560. The van der Waals surface area contributed by atoms with Crippen LogP contribution >= 0.6 is 11.3 Å². The predicted molar refractivity (Wildman–Crippen MR) is 125 cm³/mol. The fraction of sp³-hybridized carbons (Fsp3) is 0.500. The van der Waals surface area contributed by atoms with Crippen molar-refractivity contribution in [1.29, 1.82) is 0 Å². The van der Waals surface area contributed by atoms with E-state index in [4.69, 9.17) is 4.74 Å². The van der Waals surface area contributed by atoms with E-state index in [1.165, 1.54) is 17.0 Å². The monoisotopic (exact) mass is 461 g/mol. The molecular formula is C24H32FN3O3S. The molecule has 174 valence electrons. The van der Waals surface area contributed by atoms with Crippen molar-refractivity contribution >= 4 is 23.3 Å². The molecule has 1 aromatic heterocycles. The van der Waals surface area contributed by atoms with E-state index in [1.54, 1.807) is 33.3 Å². The highest BCUT2D eigenvalue weighted by Crippen LogP contribution is 2.34. The number of nitrogens with one attached hydrogen (secondary N) is 1. The Hall–Kier alpha value is -2.61. The lowest BCUT2D eigenvalue weighted by atomic mass is 10.0. The molecule has 0 spiro atoms. The van der Waals surface area contributed by atoms with Gasteiger partial charge in [-0.1, -0.05) is 13.0 Å². The number of halogens is 1. The van der Waals surface area contributed by atoms with Crippen molar-refractivity contribution in [2.45, 2.75) is 52.1 Å². The van der Waals surface area contributed by atoms with E-state index in [0.717, 1.165) is 18.4 Å².